The minimum absolute atomic E-state index is 0.131. The van der Waals surface area contributed by atoms with Gasteiger partial charge in [0.1, 0.15) is 0 Å². The molecule has 0 rings (SSSR count). The van der Waals surface area contributed by atoms with Gasteiger partial charge in [-0.25, -0.2) is 4.18 Å². The van der Waals surface area contributed by atoms with Crippen LogP contribution in [-0.2, 0) is 28.6 Å². The molecule has 0 fully saturated rings. The molecule has 0 saturated carbocycles. The second-order valence-electron chi connectivity index (χ2n) is 1.51. The normalized spacial score (nSPS) is 13.2. The molecule has 0 aromatic carbocycles. The Hall–Kier alpha value is -0.260. The van der Waals surface area contributed by atoms with Gasteiger partial charge in [0.05, 0.1) is 6.61 Å². The fourth-order valence-electron chi connectivity index (χ4n) is 0.275. The molecule has 0 aliphatic carbocycles. The minimum atomic E-state index is -5.07. The van der Waals surface area contributed by atoms with Gasteiger partial charge in [-0.15, -0.1) is 3.63 Å². The van der Waals surface area contributed by atoms with Gasteiger partial charge < -0.3 is 5.73 Å². The SMILES string of the molecule is NCCOS(=O)(=O)OS(=O)(=O)O. The molecule has 0 radical (unpaired) electrons. The van der Waals surface area contributed by atoms with Gasteiger partial charge in [0.2, 0.25) is 0 Å². The molecule has 0 aromatic rings. The Balaban J connectivity index is 4.26. The lowest BCUT2D eigenvalue weighted by Crippen LogP contribution is -2.19. The standard InChI is InChI=1S/C2H7NO7S2/c3-1-2-9-12(7,8)10-11(4,5)6/h1-3H2,(H,4,5,6). The first kappa shape index (κ1) is 11.7. The Morgan fingerprint density at radius 2 is 1.75 bits per heavy atom. The molecule has 0 aromatic heterocycles. The zero-order valence-corrected chi connectivity index (χ0v) is 7.34. The van der Waals surface area contributed by atoms with Gasteiger partial charge in [0.15, 0.2) is 0 Å². The largest absolute Gasteiger partial charge is 0.416 e. The van der Waals surface area contributed by atoms with E-state index in [0.29, 0.717) is 0 Å². The van der Waals surface area contributed by atoms with E-state index in [1.54, 1.807) is 0 Å². The Morgan fingerprint density at radius 3 is 2.08 bits per heavy atom. The van der Waals surface area contributed by atoms with Crippen molar-refractivity contribution in [2.45, 2.75) is 0 Å². The lowest BCUT2D eigenvalue weighted by molar-refractivity contribution is 0.271. The van der Waals surface area contributed by atoms with Crippen LogP contribution in [0.1, 0.15) is 0 Å². The molecule has 10 heteroatoms. The highest BCUT2D eigenvalue weighted by molar-refractivity contribution is 7.94. The van der Waals surface area contributed by atoms with Crippen LogP contribution in [-0.4, -0.2) is 34.5 Å². The van der Waals surface area contributed by atoms with Crippen LogP contribution in [0.5, 0.6) is 0 Å². The van der Waals surface area contributed by atoms with E-state index in [-0.39, 0.29) is 6.54 Å². The number of hydrogen-bond donors (Lipinski definition) is 2. The molecule has 12 heavy (non-hydrogen) atoms. The number of hydrogen-bond acceptors (Lipinski definition) is 7. The van der Waals surface area contributed by atoms with Crippen LogP contribution < -0.4 is 5.73 Å². The number of nitrogens with two attached hydrogens (primary N) is 1. The number of rotatable bonds is 5. The van der Waals surface area contributed by atoms with Crippen LogP contribution in [0.3, 0.4) is 0 Å². The van der Waals surface area contributed by atoms with Crippen LogP contribution >= 0.6 is 0 Å². The quantitative estimate of drug-likeness (QED) is 0.510. The van der Waals surface area contributed by atoms with E-state index in [9.17, 15) is 16.8 Å². The Bertz CT molecular complexity index is 313. The van der Waals surface area contributed by atoms with Gasteiger partial charge in [-0.3, -0.25) is 4.55 Å². The molecule has 0 bridgehead atoms. The van der Waals surface area contributed by atoms with Gasteiger partial charge in [0.25, 0.3) is 0 Å². The van der Waals surface area contributed by atoms with E-state index in [4.69, 9.17) is 10.3 Å². The van der Waals surface area contributed by atoms with Crippen molar-refractivity contribution in [3.8, 4) is 0 Å². The second kappa shape index (κ2) is 4.11. The molecule has 0 aliphatic heterocycles. The summed E-state index contributed by atoms with van der Waals surface area (Å²) in [4.78, 5) is 0. The summed E-state index contributed by atoms with van der Waals surface area (Å²) in [5, 5.41) is 0. The van der Waals surface area contributed by atoms with Crippen molar-refractivity contribution in [1.29, 1.82) is 0 Å². The molecular formula is C2H7NO7S2. The summed E-state index contributed by atoms with van der Waals surface area (Å²) in [5.74, 6) is 0. The summed E-state index contributed by atoms with van der Waals surface area (Å²) < 4.78 is 55.3. The average molecular weight is 221 g/mol. The van der Waals surface area contributed by atoms with Gasteiger partial charge >= 0.3 is 20.8 Å². The van der Waals surface area contributed by atoms with Crippen LogP contribution in [0.25, 0.3) is 0 Å². The van der Waals surface area contributed by atoms with Crippen LogP contribution in [0, 0.1) is 0 Å². The highest BCUT2D eigenvalue weighted by atomic mass is 32.3. The van der Waals surface area contributed by atoms with Gasteiger partial charge in [-0.05, 0) is 0 Å². The lowest BCUT2D eigenvalue weighted by atomic mass is 10.8. The van der Waals surface area contributed by atoms with Crippen LogP contribution in [0.4, 0.5) is 0 Å². The summed E-state index contributed by atoms with van der Waals surface area (Å²) in [6.45, 7) is -0.564. The van der Waals surface area contributed by atoms with Crippen molar-refractivity contribution in [3.63, 3.8) is 0 Å². The van der Waals surface area contributed by atoms with Gasteiger partial charge in [0, 0.05) is 6.54 Å². The predicted octanol–water partition coefficient (Wildman–Crippen LogP) is -1.97. The fraction of sp³-hybridized carbons (Fsp3) is 1.00. The van der Waals surface area contributed by atoms with E-state index < -0.39 is 27.4 Å². The minimum Gasteiger partial charge on any atom is -0.328 e. The van der Waals surface area contributed by atoms with E-state index in [1.165, 1.54) is 0 Å². The average Bonchev–Trinajstić information content (AvgIpc) is 1.78. The van der Waals surface area contributed by atoms with Crippen molar-refractivity contribution in [2.75, 3.05) is 13.2 Å². The van der Waals surface area contributed by atoms with Crippen molar-refractivity contribution in [1.82, 2.24) is 0 Å². The third-order valence-electron chi connectivity index (χ3n) is 0.515. The zero-order chi connectivity index (χ0) is 9.83. The summed E-state index contributed by atoms with van der Waals surface area (Å²) in [6, 6.07) is 0. The van der Waals surface area contributed by atoms with Crippen LogP contribution in [0.2, 0.25) is 0 Å². The molecular weight excluding hydrogens is 214 g/mol. The van der Waals surface area contributed by atoms with Gasteiger partial charge in [-0.1, -0.05) is 0 Å². The van der Waals surface area contributed by atoms with Crippen molar-refractivity contribution in [3.05, 3.63) is 0 Å². The first-order chi connectivity index (χ1) is 5.27. The second-order valence-corrected chi connectivity index (χ2v) is 3.97. The fourth-order valence-corrected chi connectivity index (χ4v) is 1.58. The topological polar surface area (TPSA) is 133 Å². The maximum absolute atomic E-state index is 10.4. The first-order valence-electron chi connectivity index (χ1n) is 2.55. The molecule has 0 heterocycles. The summed E-state index contributed by atoms with van der Waals surface area (Å²) in [5.41, 5.74) is 4.84. The van der Waals surface area contributed by atoms with Crippen molar-refractivity contribution < 1.29 is 29.2 Å². The molecule has 0 saturated heterocycles. The van der Waals surface area contributed by atoms with E-state index >= 15 is 0 Å². The van der Waals surface area contributed by atoms with E-state index in [1.807, 2.05) is 0 Å². The highest BCUT2D eigenvalue weighted by Gasteiger charge is 2.20. The smallest absolute Gasteiger partial charge is 0.328 e. The molecule has 0 atom stereocenters. The van der Waals surface area contributed by atoms with E-state index in [0.717, 1.165) is 0 Å². The van der Waals surface area contributed by atoms with Crippen LogP contribution in [0.15, 0.2) is 0 Å². The Kier molecular flexibility index (Phi) is 4.02. The third-order valence-corrected chi connectivity index (χ3v) is 2.32. The summed E-state index contributed by atoms with van der Waals surface area (Å²) in [6.07, 6.45) is 0. The Labute approximate surface area is 69.6 Å². The predicted molar refractivity (Wildman–Crippen MR) is 36.6 cm³/mol. The third kappa shape index (κ3) is 6.45. The van der Waals surface area contributed by atoms with Crippen molar-refractivity contribution >= 4 is 20.8 Å². The first-order valence-corrected chi connectivity index (χ1v) is 5.24. The molecule has 8 nitrogen and oxygen atoms in total. The molecule has 3 N–H and O–H groups in total. The molecule has 0 amide bonds. The highest BCUT2D eigenvalue weighted by Crippen LogP contribution is 1.99. The molecule has 0 unspecified atom stereocenters. The maximum Gasteiger partial charge on any atom is 0.416 e. The molecule has 0 spiro atoms. The summed E-state index contributed by atoms with van der Waals surface area (Å²) in [7, 11) is -9.79. The monoisotopic (exact) mass is 221 g/mol. The van der Waals surface area contributed by atoms with E-state index in [2.05, 4.69) is 7.81 Å². The van der Waals surface area contributed by atoms with Gasteiger partial charge in [-0.2, -0.15) is 16.8 Å². The maximum atomic E-state index is 10.4. The molecule has 74 valence electrons. The molecule has 0 aliphatic rings. The Morgan fingerprint density at radius 1 is 1.25 bits per heavy atom. The lowest BCUT2D eigenvalue weighted by Gasteiger charge is -2.00. The zero-order valence-electron chi connectivity index (χ0n) is 5.70. The summed E-state index contributed by atoms with van der Waals surface area (Å²) >= 11 is 0. The van der Waals surface area contributed by atoms with Crippen molar-refractivity contribution in [2.24, 2.45) is 5.73 Å².